The van der Waals surface area contributed by atoms with Gasteiger partial charge in [-0.2, -0.15) is 18.2 Å². The van der Waals surface area contributed by atoms with Crippen molar-refractivity contribution in [2.24, 2.45) is 0 Å². The second kappa shape index (κ2) is 9.33. The second-order valence-electron chi connectivity index (χ2n) is 11.9. The molecule has 14 heteroatoms. The number of nitrogens with zero attached hydrogens (tertiary/aromatic N) is 4. The molecule has 3 fully saturated rings. The van der Waals surface area contributed by atoms with E-state index >= 15 is 0 Å². The minimum Gasteiger partial charge on any atom is -0.473 e. The van der Waals surface area contributed by atoms with Gasteiger partial charge in [0.05, 0.1) is 17.6 Å². The van der Waals surface area contributed by atoms with E-state index in [1.807, 2.05) is 0 Å². The van der Waals surface area contributed by atoms with Crippen molar-refractivity contribution in [3.8, 4) is 17.4 Å². The highest BCUT2D eigenvalue weighted by Crippen LogP contribution is 2.58. The summed E-state index contributed by atoms with van der Waals surface area (Å²) in [6.45, 7) is 6.21. The van der Waals surface area contributed by atoms with Crippen LogP contribution in [0.25, 0.3) is 0 Å². The third-order valence-electron chi connectivity index (χ3n) is 7.46. The van der Waals surface area contributed by atoms with Crippen molar-refractivity contribution in [3.05, 3.63) is 70.2 Å². The number of carbonyl (C=O) groups excluding carboxylic acids is 1. The molecule has 2 aromatic heterocycles. The lowest BCUT2D eigenvalue weighted by molar-refractivity contribution is -0.141. The molecule has 0 radical (unpaired) electrons. The number of carbonyl (C=O) groups is 1. The standard InChI is InChI=1S/C28H27F4N5O5/c1-25(2,3)42-24(39)35-26-12-27(13-26)15-36-22(37(27)14-26)10-21(34-23(36)38)40-11-16-4-5-19(18(29)8-16)41-17-6-7-33-20(9-17)28(30,31)32/h4-10H,11-15H2,1-3H3,(H,35,39). The summed E-state index contributed by atoms with van der Waals surface area (Å²) in [6, 6.07) is 7.39. The highest BCUT2D eigenvalue weighted by molar-refractivity contribution is 5.71. The third-order valence-corrected chi connectivity index (χ3v) is 7.46. The van der Waals surface area contributed by atoms with Crippen molar-refractivity contribution in [2.75, 3.05) is 11.4 Å². The van der Waals surface area contributed by atoms with Gasteiger partial charge in [-0.3, -0.25) is 9.55 Å². The van der Waals surface area contributed by atoms with Crippen molar-refractivity contribution < 1.29 is 36.6 Å². The molecule has 4 aliphatic rings. The molecule has 2 bridgehead atoms. The molecule has 1 aliphatic carbocycles. The molecule has 7 rings (SSSR count). The number of ether oxygens (including phenoxy) is 3. The number of alkyl halides is 3. The van der Waals surface area contributed by atoms with E-state index in [9.17, 15) is 27.2 Å². The van der Waals surface area contributed by atoms with Crippen molar-refractivity contribution in [1.29, 1.82) is 0 Å². The van der Waals surface area contributed by atoms with Gasteiger partial charge >= 0.3 is 18.0 Å². The second-order valence-corrected chi connectivity index (χ2v) is 11.9. The first-order valence-electron chi connectivity index (χ1n) is 13.2. The molecule has 1 amide bonds. The number of nitrogens with one attached hydrogen (secondary N) is 1. The molecule has 1 saturated carbocycles. The number of fused-ring (bicyclic) bond motifs is 1. The van der Waals surface area contributed by atoms with Crippen LogP contribution in [0.4, 0.5) is 28.2 Å². The lowest BCUT2D eigenvalue weighted by Gasteiger charge is -2.45. The Hall–Kier alpha value is -4.36. The van der Waals surface area contributed by atoms with Crippen molar-refractivity contribution >= 4 is 11.9 Å². The Morgan fingerprint density at radius 1 is 1.10 bits per heavy atom. The number of alkyl carbamates (subject to hydrolysis) is 1. The van der Waals surface area contributed by atoms with Gasteiger partial charge in [0.25, 0.3) is 0 Å². The van der Waals surface area contributed by atoms with Gasteiger partial charge in [-0.15, -0.1) is 0 Å². The third kappa shape index (κ3) is 5.09. The average molecular weight is 590 g/mol. The molecule has 0 unspecified atom stereocenters. The first-order valence-corrected chi connectivity index (χ1v) is 13.2. The zero-order valence-electron chi connectivity index (χ0n) is 22.9. The van der Waals surface area contributed by atoms with E-state index in [1.54, 1.807) is 31.4 Å². The first-order chi connectivity index (χ1) is 19.6. The SMILES string of the molecule is CC(C)(C)OC(=O)NC12CN3c4cc(OCc5ccc(Oc6ccnc(C(F)(F)F)c6)c(F)c5)nc(=O)n4CC3(C1)C2. The van der Waals surface area contributed by atoms with Gasteiger partial charge in [0.15, 0.2) is 11.6 Å². The number of rotatable bonds is 6. The molecule has 5 heterocycles. The van der Waals surface area contributed by atoms with Crippen LogP contribution in [0, 0.1) is 5.82 Å². The quantitative estimate of drug-likeness (QED) is 0.409. The Balaban J connectivity index is 1.12. The first kappa shape index (κ1) is 27.8. The Kier molecular flexibility index (Phi) is 6.17. The summed E-state index contributed by atoms with van der Waals surface area (Å²) in [5.41, 5.74) is -2.61. The van der Waals surface area contributed by atoms with E-state index in [4.69, 9.17) is 14.2 Å². The highest BCUT2D eigenvalue weighted by atomic mass is 19.4. The van der Waals surface area contributed by atoms with E-state index in [1.165, 1.54) is 18.2 Å². The Morgan fingerprint density at radius 2 is 1.86 bits per heavy atom. The number of anilines is 1. The fourth-order valence-corrected chi connectivity index (χ4v) is 5.99. The maximum absolute atomic E-state index is 14.7. The molecule has 42 heavy (non-hydrogen) atoms. The van der Waals surface area contributed by atoms with Crippen molar-refractivity contribution in [3.63, 3.8) is 0 Å². The Bertz CT molecular complexity index is 1630. The number of aromatic nitrogens is 3. The summed E-state index contributed by atoms with van der Waals surface area (Å²) in [6.07, 6.45) is -2.89. The number of pyridine rings is 1. The van der Waals surface area contributed by atoms with Crippen LogP contribution in [0.2, 0.25) is 0 Å². The summed E-state index contributed by atoms with van der Waals surface area (Å²) >= 11 is 0. The van der Waals surface area contributed by atoms with Crippen molar-refractivity contribution in [2.45, 2.75) is 69.6 Å². The molecule has 1 spiro atoms. The van der Waals surface area contributed by atoms with E-state index in [0.29, 0.717) is 43.4 Å². The van der Waals surface area contributed by atoms with Gasteiger partial charge < -0.3 is 24.4 Å². The van der Waals surface area contributed by atoms with Crippen LogP contribution in [0.1, 0.15) is 44.9 Å². The van der Waals surface area contributed by atoms with Crippen molar-refractivity contribution in [1.82, 2.24) is 19.9 Å². The molecule has 222 valence electrons. The van der Waals surface area contributed by atoms with Crippen LogP contribution in [0.3, 0.4) is 0 Å². The van der Waals surface area contributed by atoms with Gasteiger partial charge in [0.1, 0.15) is 29.5 Å². The fraction of sp³-hybridized carbons (Fsp3) is 0.429. The van der Waals surface area contributed by atoms with E-state index in [2.05, 4.69) is 20.2 Å². The number of amides is 1. The smallest absolute Gasteiger partial charge is 0.433 e. The molecule has 0 atom stereocenters. The van der Waals surface area contributed by atoms with Crippen LogP contribution < -0.4 is 25.4 Å². The van der Waals surface area contributed by atoms with E-state index in [0.717, 1.165) is 12.3 Å². The number of hydrogen-bond donors (Lipinski definition) is 1. The molecule has 1 aromatic carbocycles. The monoisotopic (exact) mass is 589 g/mol. The van der Waals surface area contributed by atoms with E-state index in [-0.39, 0.29) is 29.5 Å². The van der Waals surface area contributed by atoms with Crippen LogP contribution >= 0.6 is 0 Å². The molecule has 1 N–H and O–H groups in total. The maximum atomic E-state index is 14.7. The zero-order chi connectivity index (χ0) is 30.1. The summed E-state index contributed by atoms with van der Waals surface area (Å²) in [5.74, 6) is -0.632. The molecule has 10 nitrogen and oxygen atoms in total. The van der Waals surface area contributed by atoms with E-state index < -0.39 is 40.6 Å². The van der Waals surface area contributed by atoms with Gasteiger partial charge in [-0.1, -0.05) is 6.07 Å². The summed E-state index contributed by atoms with van der Waals surface area (Å²) in [4.78, 5) is 34.6. The summed E-state index contributed by atoms with van der Waals surface area (Å²) in [7, 11) is 0. The molecule has 3 aromatic rings. The number of hydrogen-bond acceptors (Lipinski definition) is 8. The predicted octanol–water partition coefficient (Wildman–Crippen LogP) is 4.80. The lowest BCUT2D eigenvalue weighted by atomic mass is 9.68. The summed E-state index contributed by atoms with van der Waals surface area (Å²) < 4.78 is 71.4. The topological polar surface area (TPSA) is 108 Å². The zero-order valence-corrected chi connectivity index (χ0v) is 22.9. The predicted molar refractivity (Wildman–Crippen MR) is 140 cm³/mol. The number of benzene rings is 1. The molecular formula is C28H27F4N5O5. The molecular weight excluding hydrogens is 562 g/mol. The Morgan fingerprint density at radius 3 is 2.55 bits per heavy atom. The van der Waals surface area contributed by atoms with Crippen LogP contribution in [-0.2, 0) is 24.1 Å². The van der Waals surface area contributed by atoms with Crippen LogP contribution in [0.5, 0.6) is 17.4 Å². The minimum absolute atomic E-state index is 0.0544. The highest BCUT2D eigenvalue weighted by Gasteiger charge is 2.69. The van der Waals surface area contributed by atoms with Crippen LogP contribution in [0.15, 0.2) is 47.4 Å². The average Bonchev–Trinajstić information content (AvgIpc) is 3.44. The van der Waals surface area contributed by atoms with Gasteiger partial charge in [0, 0.05) is 24.9 Å². The minimum atomic E-state index is -4.67. The largest absolute Gasteiger partial charge is 0.473 e. The molecule has 3 aliphatic heterocycles. The lowest BCUT2D eigenvalue weighted by Crippen LogP contribution is -2.61. The van der Waals surface area contributed by atoms with Crippen LogP contribution in [-0.4, -0.2) is 43.9 Å². The summed E-state index contributed by atoms with van der Waals surface area (Å²) in [5, 5.41) is 3.01. The van der Waals surface area contributed by atoms with Gasteiger partial charge in [-0.25, -0.2) is 14.0 Å². The Labute approximate surface area is 237 Å². The van der Waals surface area contributed by atoms with Gasteiger partial charge in [-0.05, 0) is 57.4 Å². The normalized spacial score (nSPS) is 22.2. The van der Waals surface area contributed by atoms with Gasteiger partial charge in [0.2, 0.25) is 5.88 Å². The number of halogens is 4. The maximum Gasteiger partial charge on any atom is 0.433 e. The molecule has 2 saturated heterocycles. The fourth-order valence-electron chi connectivity index (χ4n) is 5.99.